The summed E-state index contributed by atoms with van der Waals surface area (Å²) >= 11 is 12.6. The van der Waals surface area contributed by atoms with Crippen LogP contribution in [0.15, 0.2) is 103 Å². The number of rotatable bonds is 6. The summed E-state index contributed by atoms with van der Waals surface area (Å²) in [5, 5.41) is 0.446. The van der Waals surface area contributed by atoms with E-state index >= 15 is 0 Å². The Balaban J connectivity index is 1.29. The molecule has 46 heavy (non-hydrogen) atoms. The molecule has 2 aliphatic carbocycles. The van der Waals surface area contributed by atoms with E-state index in [9.17, 15) is 9.59 Å². The molecule has 5 nitrogen and oxygen atoms in total. The van der Waals surface area contributed by atoms with E-state index in [1.807, 2.05) is 54.6 Å². The lowest BCUT2D eigenvalue weighted by Gasteiger charge is -2.28. The summed E-state index contributed by atoms with van der Waals surface area (Å²) in [6.45, 7) is 4.40. The van der Waals surface area contributed by atoms with Crippen molar-refractivity contribution in [3.8, 4) is 22.6 Å². The maximum atomic E-state index is 13.3. The normalized spacial score (nSPS) is 14.1. The summed E-state index contributed by atoms with van der Waals surface area (Å²) < 4.78 is 10.8. The molecule has 0 bridgehead atoms. The molecule has 0 fully saturated rings. The van der Waals surface area contributed by atoms with Crippen molar-refractivity contribution in [2.75, 3.05) is 19.1 Å². The van der Waals surface area contributed by atoms with Gasteiger partial charge in [-0.15, -0.1) is 0 Å². The van der Waals surface area contributed by atoms with Gasteiger partial charge in [-0.05, 0) is 107 Å². The van der Waals surface area contributed by atoms with E-state index in [1.54, 1.807) is 32.4 Å². The second-order valence-electron chi connectivity index (χ2n) is 11.9. The Morgan fingerprint density at radius 1 is 0.609 bits per heavy atom. The van der Waals surface area contributed by atoms with Crippen LogP contribution in [0.25, 0.3) is 17.2 Å². The van der Waals surface area contributed by atoms with Crippen LogP contribution in [0.1, 0.15) is 51.3 Å². The van der Waals surface area contributed by atoms with Crippen molar-refractivity contribution in [3.63, 3.8) is 0 Å². The lowest BCUT2D eigenvalue weighted by Crippen LogP contribution is -2.16. The molecule has 0 aliphatic heterocycles. The van der Waals surface area contributed by atoms with Gasteiger partial charge in [0.15, 0.2) is 11.6 Å². The van der Waals surface area contributed by atoms with Crippen LogP contribution in [0.2, 0.25) is 10.0 Å². The summed E-state index contributed by atoms with van der Waals surface area (Å²) in [5.74, 6) is 0.756. The minimum atomic E-state index is -0.405. The largest absolute Gasteiger partial charge is 0.497 e. The molecule has 0 N–H and O–H groups in total. The van der Waals surface area contributed by atoms with Crippen molar-refractivity contribution in [1.82, 2.24) is 0 Å². The van der Waals surface area contributed by atoms with Gasteiger partial charge in [0, 0.05) is 22.5 Å². The molecule has 0 saturated heterocycles. The Hall–Kier alpha value is -4.84. The van der Waals surface area contributed by atoms with Crippen molar-refractivity contribution >= 4 is 57.9 Å². The Kier molecular flexibility index (Phi) is 7.27. The molecule has 0 saturated carbocycles. The number of ketones is 2. The molecule has 0 heterocycles. The van der Waals surface area contributed by atoms with Crippen molar-refractivity contribution in [2.45, 2.75) is 19.3 Å². The number of fused-ring (bicyclic) bond motifs is 4. The Labute approximate surface area is 277 Å². The molecule has 0 radical (unpaired) electrons. The molecule has 0 atom stereocenters. The van der Waals surface area contributed by atoms with Gasteiger partial charge in [0.05, 0.1) is 41.0 Å². The number of carbonyl (C=O) groups is 2. The Morgan fingerprint density at radius 2 is 1.07 bits per heavy atom. The van der Waals surface area contributed by atoms with E-state index < -0.39 is 11.6 Å². The molecule has 7 heteroatoms. The minimum Gasteiger partial charge on any atom is -0.497 e. The highest BCUT2D eigenvalue weighted by molar-refractivity contribution is 6.49. The standard InChI is InChI=1S/C39H29Cl2NO4/c1-39(2)31-20-22(19-30-37(43)35-33(40)17-18-34(41)36(35)38(30)44)5-15-28(31)29-16-10-25(21-32(29)39)42(23-6-11-26(45-3)12-7-23)24-8-13-27(46-4)14-9-24/h5-21H,1-4H3. The highest BCUT2D eigenvalue weighted by Crippen LogP contribution is 2.51. The van der Waals surface area contributed by atoms with E-state index in [0.29, 0.717) is 0 Å². The Morgan fingerprint density at radius 3 is 1.57 bits per heavy atom. The first-order chi connectivity index (χ1) is 22.1. The highest BCUT2D eigenvalue weighted by atomic mass is 35.5. The fraction of sp³-hybridized carbons (Fsp3) is 0.128. The van der Waals surface area contributed by atoms with E-state index in [2.05, 4.69) is 49.1 Å². The zero-order valence-electron chi connectivity index (χ0n) is 25.7. The number of allylic oxidation sites excluding steroid dienone is 1. The van der Waals surface area contributed by atoms with Crippen molar-refractivity contribution in [1.29, 1.82) is 0 Å². The smallest absolute Gasteiger partial charge is 0.199 e. The molecule has 7 rings (SSSR count). The van der Waals surface area contributed by atoms with Crippen LogP contribution in [0, 0.1) is 0 Å². The molecule has 2 aliphatic rings. The van der Waals surface area contributed by atoms with Gasteiger partial charge in [0.25, 0.3) is 0 Å². The maximum Gasteiger partial charge on any atom is 0.199 e. The monoisotopic (exact) mass is 645 g/mol. The SMILES string of the molecule is COc1ccc(N(c2ccc(OC)cc2)c2ccc3c(c2)C(C)(C)c2cc(C=C4C(=O)c5c(Cl)ccc(Cl)c5C4=O)ccc2-3)cc1. The number of benzene rings is 5. The van der Waals surface area contributed by atoms with Crippen LogP contribution >= 0.6 is 23.2 Å². The lowest BCUT2D eigenvalue weighted by molar-refractivity contribution is 0.0990. The quantitative estimate of drug-likeness (QED) is 0.136. The topological polar surface area (TPSA) is 55.8 Å². The third kappa shape index (κ3) is 4.70. The highest BCUT2D eigenvalue weighted by Gasteiger charge is 2.38. The third-order valence-electron chi connectivity index (χ3n) is 8.96. The number of anilines is 3. The maximum absolute atomic E-state index is 13.3. The summed E-state index contributed by atoms with van der Waals surface area (Å²) in [7, 11) is 3.32. The van der Waals surface area contributed by atoms with E-state index in [4.69, 9.17) is 32.7 Å². The average Bonchev–Trinajstić information content (AvgIpc) is 3.45. The number of hydrogen-bond acceptors (Lipinski definition) is 5. The Bertz CT molecular complexity index is 2010. The number of carbonyl (C=O) groups excluding carboxylic acids is 2. The summed E-state index contributed by atoms with van der Waals surface area (Å²) in [4.78, 5) is 28.8. The number of Topliss-reactive ketones (excluding diaryl/α,β-unsaturated/α-hetero) is 2. The van der Waals surface area contributed by atoms with Crippen LogP contribution in [0.4, 0.5) is 17.1 Å². The zero-order chi connectivity index (χ0) is 32.3. The molecular formula is C39H29Cl2NO4. The average molecular weight is 647 g/mol. The van der Waals surface area contributed by atoms with Gasteiger partial charge in [-0.1, -0.05) is 61.3 Å². The minimum absolute atomic E-state index is 0.0650. The number of ether oxygens (including phenoxy) is 2. The zero-order valence-corrected chi connectivity index (χ0v) is 27.2. The van der Waals surface area contributed by atoms with Crippen LogP contribution in [0.3, 0.4) is 0 Å². The van der Waals surface area contributed by atoms with Gasteiger partial charge >= 0.3 is 0 Å². The molecule has 0 spiro atoms. The molecular weight excluding hydrogens is 617 g/mol. The molecule has 5 aromatic rings. The third-order valence-corrected chi connectivity index (χ3v) is 9.59. The molecule has 228 valence electrons. The van der Waals surface area contributed by atoms with Crippen LogP contribution in [-0.2, 0) is 5.41 Å². The second kappa shape index (κ2) is 11.2. The first-order valence-electron chi connectivity index (χ1n) is 14.8. The number of methoxy groups -OCH3 is 2. The first-order valence-corrected chi connectivity index (χ1v) is 15.5. The van der Waals surface area contributed by atoms with Gasteiger partial charge in [-0.25, -0.2) is 0 Å². The van der Waals surface area contributed by atoms with Gasteiger partial charge in [0.1, 0.15) is 11.5 Å². The van der Waals surface area contributed by atoms with Crippen molar-refractivity contribution < 1.29 is 19.1 Å². The van der Waals surface area contributed by atoms with Crippen LogP contribution in [0.5, 0.6) is 11.5 Å². The number of hydrogen-bond donors (Lipinski definition) is 0. The van der Waals surface area contributed by atoms with Crippen molar-refractivity contribution in [2.24, 2.45) is 0 Å². The molecule has 0 amide bonds. The fourth-order valence-electron chi connectivity index (χ4n) is 6.55. The summed E-state index contributed by atoms with van der Waals surface area (Å²) in [6, 6.07) is 31.7. The molecule has 0 unspecified atom stereocenters. The van der Waals surface area contributed by atoms with E-state index in [0.717, 1.165) is 50.8 Å². The van der Waals surface area contributed by atoms with Gasteiger partial charge in [-0.2, -0.15) is 0 Å². The predicted octanol–water partition coefficient (Wildman–Crippen LogP) is 10.2. The number of halogens is 2. The van der Waals surface area contributed by atoms with E-state index in [1.165, 1.54) is 5.56 Å². The van der Waals surface area contributed by atoms with Crippen LogP contribution in [-0.4, -0.2) is 25.8 Å². The summed E-state index contributed by atoms with van der Waals surface area (Å²) in [5.41, 5.74) is 8.34. The van der Waals surface area contributed by atoms with E-state index in [-0.39, 0.29) is 32.2 Å². The molecule has 5 aromatic carbocycles. The van der Waals surface area contributed by atoms with Gasteiger partial charge in [0.2, 0.25) is 0 Å². The van der Waals surface area contributed by atoms with Crippen LogP contribution < -0.4 is 14.4 Å². The lowest BCUT2D eigenvalue weighted by atomic mass is 9.81. The summed E-state index contributed by atoms with van der Waals surface area (Å²) in [6.07, 6.45) is 1.65. The predicted molar refractivity (Wildman–Crippen MR) is 185 cm³/mol. The van der Waals surface area contributed by atoms with Gasteiger partial charge < -0.3 is 14.4 Å². The fourth-order valence-corrected chi connectivity index (χ4v) is 7.03. The van der Waals surface area contributed by atoms with Gasteiger partial charge in [-0.3, -0.25) is 9.59 Å². The number of nitrogens with zero attached hydrogens (tertiary/aromatic N) is 1. The second-order valence-corrected chi connectivity index (χ2v) is 12.7. The van der Waals surface area contributed by atoms with Crippen molar-refractivity contribution in [3.05, 3.63) is 140 Å². The molecule has 0 aromatic heterocycles. The first kappa shape index (κ1) is 29.8.